The van der Waals surface area contributed by atoms with Crippen LogP contribution in [-0.4, -0.2) is 27.1 Å². The lowest BCUT2D eigenvalue weighted by atomic mass is 9.83. The molecule has 1 aliphatic rings. The lowest BCUT2D eigenvalue weighted by Gasteiger charge is -2.39. The first kappa shape index (κ1) is 26.5. The Morgan fingerprint density at radius 3 is 2.12 bits per heavy atom. The maximum Gasteiger partial charge on any atom is 0.433 e. The highest BCUT2D eigenvalue weighted by molar-refractivity contribution is 5.72. The molecule has 2 aromatic rings. The van der Waals surface area contributed by atoms with Gasteiger partial charge in [0.15, 0.2) is 0 Å². The number of pyridine rings is 1. The van der Waals surface area contributed by atoms with Gasteiger partial charge in [-0.2, -0.15) is 13.2 Å². The van der Waals surface area contributed by atoms with Gasteiger partial charge in [-0.15, -0.1) is 0 Å². The molecule has 0 radical (unpaired) electrons. The fraction of sp³-hybridized carbons (Fsp3) is 0.607. The highest BCUT2D eigenvalue weighted by Gasteiger charge is 2.32. The van der Waals surface area contributed by atoms with Crippen LogP contribution in [0.2, 0.25) is 0 Å². The van der Waals surface area contributed by atoms with E-state index in [2.05, 4.69) is 57.5 Å². The van der Waals surface area contributed by atoms with Gasteiger partial charge in [-0.3, -0.25) is 9.88 Å². The molecule has 0 atom stereocenters. The molecule has 1 saturated carbocycles. The van der Waals surface area contributed by atoms with Gasteiger partial charge in [0.05, 0.1) is 0 Å². The summed E-state index contributed by atoms with van der Waals surface area (Å²) < 4.78 is 39.0. The van der Waals surface area contributed by atoms with Gasteiger partial charge < -0.3 is 5.11 Å². The first-order chi connectivity index (χ1) is 15.7. The van der Waals surface area contributed by atoms with E-state index >= 15 is 0 Å². The summed E-state index contributed by atoms with van der Waals surface area (Å²) in [6.45, 7) is 14.4. The number of phenols is 1. The molecule has 0 saturated heterocycles. The average Bonchev–Trinajstić information content (AvgIpc) is 2.73. The topological polar surface area (TPSA) is 36.4 Å². The van der Waals surface area contributed by atoms with E-state index in [1.807, 2.05) is 6.07 Å². The van der Waals surface area contributed by atoms with Gasteiger partial charge in [0.2, 0.25) is 0 Å². The minimum atomic E-state index is -4.49. The second kappa shape index (κ2) is 9.88. The van der Waals surface area contributed by atoms with E-state index in [0.29, 0.717) is 23.6 Å². The lowest BCUT2D eigenvalue weighted by Crippen LogP contribution is -2.44. The smallest absolute Gasteiger partial charge is 0.433 e. The summed E-state index contributed by atoms with van der Waals surface area (Å²) in [5.41, 5.74) is 1.62. The van der Waals surface area contributed by atoms with Crippen molar-refractivity contribution >= 4 is 0 Å². The fourth-order valence-electron chi connectivity index (χ4n) is 4.65. The summed E-state index contributed by atoms with van der Waals surface area (Å²) in [6, 6.07) is 6.30. The second-order valence-corrected chi connectivity index (χ2v) is 11.8. The summed E-state index contributed by atoms with van der Waals surface area (Å²) >= 11 is 0. The van der Waals surface area contributed by atoms with Gasteiger partial charge >= 0.3 is 6.18 Å². The number of hydrogen-bond acceptors (Lipinski definition) is 3. The molecule has 0 amide bonds. The van der Waals surface area contributed by atoms with Crippen LogP contribution in [0.25, 0.3) is 11.1 Å². The normalized spacial score (nSPS) is 16.3. The number of aromatic hydroxyl groups is 1. The third kappa shape index (κ3) is 6.53. The summed E-state index contributed by atoms with van der Waals surface area (Å²) in [5, 5.41) is 11.3. The van der Waals surface area contributed by atoms with Gasteiger partial charge in [0, 0.05) is 41.5 Å². The van der Waals surface area contributed by atoms with Gasteiger partial charge in [-0.25, -0.2) is 0 Å². The quantitative estimate of drug-likeness (QED) is 0.476. The molecule has 3 nitrogen and oxygen atoms in total. The van der Waals surface area contributed by atoms with Gasteiger partial charge in [-0.1, -0.05) is 52.2 Å². The molecule has 0 bridgehead atoms. The van der Waals surface area contributed by atoms with Crippen molar-refractivity contribution in [2.75, 3.05) is 6.54 Å². The molecule has 1 heterocycles. The van der Waals surface area contributed by atoms with E-state index < -0.39 is 11.9 Å². The molecule has 0 spiro atoms. The highest BCUT2D eigenvalue weighted by atomic mass is 19.4. The Kier molecular flexibility index (Phi) is 7.71. The first-order valence-electron chi connectivity index (χ1n) is 12.3. The van der Waals surface area contributed by atoms with Crippen LogP contribution in [0.1, 0.15) is 90.5 Å². The molecule has 1 aromatic heterocycles. The SMILES string of the molecule is CC(C)(C)c1cc(CN(CC2CCCCC2)C(C)(C)C)c(O)c(-c2ccc(C(F)(F)F)nc2)c1. The van der Waals surface area contributed by atoms with E-state index in [0.717, 1.165) is 23.7 Å². The fourth-order valence-corrected chi connectivity index (χ4v) is 4.65. The van der Waals surface area contributed by atoms with Crippen LogP contribution >= 0.6 is 0 Å². The Balaban J connectivity index is 2.02. The van der Waals surface area contributed by atoms with E-state index in [9.17, 15) is 18.3 Å². The van der Waals surface area contributed by atoms with Crippen LogP contribution in [0, 0.1) is 5.92 Å². The number of halogens is 3. The van der Waals surface area contributed by atoms with E-state index in [4.69, 9.17) is 0 Å². The Hall–Kier alpha value is -2.08. The third-order valence-corrected chi connectivity index (χ3v) is 6.93. The maximum atomic E-state index is 13.0. The molecule has 3 rings (SSSR count). The molecule has 1 aliphatic carbocycles. The third-order valence-electron chi connectivity index (χ3n) is 6.93. The number of nitrogens with zero attached hydrogens (tertiary/aromatic N) is 2. The van der Waals surface area contributed by atoms with Crippen LogP contribution in [0.3, 0.4) is 0 Å². The van der Waals surface area contributed by atoms with Crippen molar-refractivity contribution < 1.29 is 18.3 Å². The summed E-state index contributed by atoms with van der Waals surface area (Å²) in [7, 11) is 0. The predicted molar refractivity (Wildman–Crippen MR) is 132 cm³/mol. The number of alkyl halides is 3. The van der Waals surface area contributed by atoms with E-state index in [1.165, 1.54) is 44.4 Å². The second-order valence-electron chi connectivity index (χ2n) is 11.8. The minimum absolute atomic E-state index is 0.0856. The zero-order chi connectivity index (χ0) is 25.3. The zero-order valence-electron chi connectivity index (χ0n) is 21.4. The Morgan fingerprint density at radius 1 is 0.971 bits per heavy atom. The largest absolute Gasteiger partial charge is 0.507 e. The van der Waals surface area contributed by atoms with Crippen molar-refractivity contribution in [2.45, 2.75) is 97.3 Å². The minimum Gasteiger partial charge on any atom is -0.507 e. The first-order valence-corrected chi connectivity index (χ1v) is 12.3. The lowest BCUT2D eigenvalue weighted by molar-refractivity contribution is -0.141. The summed E-state index contributed by atoms with van der Waals surface area (Å²) in [6.07, 6.45) is 3.05. The average molecular weight is 477 g/mol. The van der Waals surface area contributed by atoms with Crippen molar-refractivity contribution in [2.24, 2.45) is 5.92 Å². The van der Waals surface area contributed by atoms with Gasteiger partial charge in [0.25, 0.3) is 0 Å². The highest BCUT2D eigenvalue weighted by Crippen LogP contribution is 2.39. The Labute approximate surface area is 202 Å². The Bertz CT molecular complexity index is 963. The number of hydrogen-bond donors (Lipinski definition) is 1. The molecule has 188 valence electrons. The molecule has 6 heteroatoms. The van der Waals surface area contributed by atoms with Crippen molar-refractivity contribution in [1.29, 1.82) is 0 Å². The molecule has 0 aliphatic heterocycles. The molecule has 34 heavy (non-hydrogen) atoms. The van der Waals surface area contributed by atoms with Crippen LogP contribution < -0.4 is 0 Å². The van der Waals surface area contributed by atoms with Crippen molar-refractivity contribution in [1.82, 2.24) is 9.88 Å². The molecule has 1 fully saturated rings. The predicted octanol–water partition coefficient (Wildman–Crippen LogP) is 7.95. The summed E-state index contributed by atoms with van der Waals surface area (Å²) in [5.74, 6) is 0.770. The van der Waals surface area contributed by atoms with Crippen LogP contribution in [-0.2, 0) is 18.1 Å². The zero-order valence-corrected chi connectivity index (χ0v) is 21.4. The number of benzene rings is 1. The van der Waals surface area contributed by atoms with Crippen LogP contribution in [0.15, 0.2) is 30.5 Å². The van der Waals surface area contributed by atoms with E-state index in [1.54, 1.807) is 0 Å². The van der Waals surface area contributed by atoms with E-state index in [-0.39, 0.29) is 16.7 Å². The van der Waals surface area contributed by atoms with Crippen molar-refractivity contribution in [3.8, 4) is 16.9 Å². The van der Waals surface area contributed by atoms with Crippen LogP contribution in [0.5, 0.6) is 5.75 Å². The maximum absolute atomic E-state index is 13.0. The molecular weight excluding hydrogens is 437 g/mol. The number of rotatable bonds is 5. The molecule has 0 unspecified atom stereocenters. The molecule has 1 aromatic carbocycles. The van der Waals surface area contributed by atoms with Gasteiger partial charge in [-0.05, 0) is 62.6 Å². The van der Waals surface area contributed by atoms with Crippen molar-refractivity contribution in [3.63, 3.8) is 0 Å². The molecular formula is C28H39F3N2O. The molecule has 1 N–H and O–H groups in total. The van der Waals surface area contributed by atoms with Gasteiger partial charge in [0.1, 0.15) is 11.4 Å². The van der Waals surface area contributed by atoms with Crippen LogP contribution in [0.4, 0.5) is 13.2 Å². The summed E-state index contributed by atoms with van der Waals surface area (Å²) in [4.78, 5) is 6.05. The van der Waals surface area contributed by atoms with Crippen molar-refractivity contribution in [3.05, 3.63) is 47.3 Å². The number of phenolic OH excluding ortho intramolecular Hbond substituents is 1. The number of aromatic nitrogens is 1. The monoisotopic (exact) mass is 476 g/mol. The Morgan fingerprint density at radius 2 is 1.62 bits per heavy atom. The standard InChI is InChI=1S/C28H39F3N2O/c1-26(2,3)22-14-21(18-33(27(4,5)6)17-19-10-8-7-9-11-19)25(34)23(15-22)20-12-13-24(32-16-20)28(29,30)31/h12-16,19,34H,7-11,17-18H2,1-6H3.